The van der Waals surface area contributed by atoms with Gasteiger partial charge < -0.3 is 0 Å². The van der Waals surface area contributed by atoms with Crippen LogP contribution < -0.4 is 0 Å². The minimum atomic E-state index is 0.723. The summed E-state index contributed by atoms with van der Waals surface area (Å²) in [7, 11) is 0. The van der Waals surface area contributed by atoms with Crippen LogP contribution in [0.3, 0.4) is 0 Å². The lowest BCUT2D eigenvalue weighted by molar-refractivity contribution is 0.660. The highest BCUT2D eigenvalue weighted by atomic mass is 79.9. The lowest BCUT2D eigenvalue weighted by atomic mass is 9.96. The number of hydrogen-bond donors (Lipinski definition) is 0. The van der Waals surface area contributed by atoms with Crippen molar-refractivity contribution in [3.8, 4) is 0 Å². The van der Waals surface area contributed by atoms with Crippen molar-refractivity contribution in [3.63, 3.8) is 0 Å². The number of halogens is 1. The number of hydrogen-bond acceptors (Lipinski definition) is 0. The molecule has 13 heavy (non-hydrogen) atoms. The maximum atomic E-state index is 3.52. The molecule has 0 fully saturated rings. The molecule has 0 saturated heterocycles. The fourth-order valence-corrected chi connectivity index (χ4v) is 1.69. The Hall–Kier alpha value is -0.300. The van der Waals surface area contributed by atoms with Crippen molar-refractivity contribution in [2.75, 3.05) is 5.33 Å². The third kappa shape index (κ3) is 2.84. The first-order valence-corrected chi connectivity index (χ1v) is 5.88. The van der Waals surface area contributed by atoms with Crippen LogP contribution in [0.2, 0.25) is 0 Å². The van der Waals surface area contributed by atoms with Crippen molar-refractivity contribution in [2.45, 2.75) is 27.2 Å². The fourth-order valence-electron chi connectivity index (χ4n) is 1.46. The molecular formula is C12H17Br. The zero-order chi connectivity index (χ0) is 9.84. The maximum absolute atomic E-state index is 3.52. The van der Waals surface area contributed by atoms with E-state index in [1.807, 2.05) is 0 Å². The van der Waals surface area contributed by atoms with E-state index in [2.05, 4.69) is 54.9 Å². The van der Waals surface area contributed by atoms with Gasteiger partial charge in [-0.2, -0.15) is 0 Å². The van der Waals surface area contributed by atoms with Gasteiger partial charge in [0.05, 0.1) is 0 Å². The second-order valence-electron chi connectivity index (χ2n) is 3.82. The van der Waals surface area contributed by atoms with E-state index in [0.717, 1.165) is 11.2 Å². The Morgan fingerprint density at radius 1 is 1.31 bits per heavy atom. The van der Waals surface area contributed by atoms with E-state index in [0.29, 0.717) is 0 Å². The number of aryl methyl sites for hydroxylation is 1. The summed E-state index contributed by atoms with van der Waals surface area (Å²) >= 11 is 3.52. The molecule has 1 heteroatoms. The molecule has 0 nitrogen and oxygen atoms in total. The third-order valence-electron chi connectivity index (χ3n) is 2.55. The summed E-state index contributed by atoms with van der Waals surface area (Å²) in [4.78, 5) is 0. The summed E-state index contributed by atoms with van der Waals surface area (Å²) in [5.41, 5.74) is 4.35. The van der Waals surface area contributed by atoms with Crippen LogP contribution in [0.15, 0.2) is 18.2 Å². The molecule has 1 atom stereocenters. The molecular weight excluding hydrogens is 224 g/mol. The van der Waals surface area contributed by atoms with Gasteiger partial charge in [0.15, 0.2) is 0 Å². The topological polar surface area (TPSA) is 0 Å². The summed E-state index contributed by atoms with van der Waals surface area (Å²) in [5, 5.41) is 1.08. The van der Waals surface area contributed by atoms with Crippen molar-refractivity contribution >= 4 is 15.9 Å². The van der Waals surface area contributed by atoms with Crippen molar-refractivity contribution in [1.82, 2.24) is 0 Å². The van der Waals surface area contributed by atoms with Gasteiger partial charge in [0, 0.05) is 5.33 Å². The van der Waals surface area contributed by atoms with Crippen LogP contribution in [0.4, 0.5) is 0 Å². The van der Waals surface area contributed by atoms with Gasteiger partial charge in [0.2, 0.25) is 0 Å². The quantitative estimate of drug-likeness (QED) is 0.704. The summed E-state index contributed by atoms with van der Waals surface area (Å²) in [6, 6.07) is 6.57. The average molecular weight is 241 g/mol. The number of rotatable bonds is 3. The SMILES string of the molecule is Cc1cccc(CC(C)CBr)c1C. The molecule has 0 aromatic heterocycles. The highest BCUT2D eigenvalue weighted by Crippen LogP contribution is 2.17. The molecule has 1 rings (SSSR count). The Balaban J connectivity index is 2.83. The smallest absolute Gasteiger partial charge is 0.00602 e. The molecule has 0 bridgehead atoms. The highest BCUT2D eigenvalue weighted by Gasteiger charge is 2.05. The molecule has 72 valence electrons. The molecule has 1 unspecified atom stereocenters. The number of benzene rings is 1. The first-order chi connectivity index (χ1) is 6.15. The summed E-state index contributed by atoms with van der Waals surface area (Å²) in [5.74, 6) is 0.723. The normalized spacial score (nSPS) is 12.9. The van der Waals surface area contributed by atoms with Gasteiger partial charge in [-0.3, -0.25) is 0 Å². The van der Waals surface area contributed by atoms with Crippen LogP contribution >= 0.6 is 15.9 Å². The molecule has 0 saturated carbocycles. The number of alkyl halides is 1. The summed E-state index contributed by atoms with van der Waals surface area (Å²) in [6.07, 6.45) is 1.18. The Bertz CT molecular complexity index is 278. The molecule has 1 aromatic carbocycles. The fraction of sp³-hybridized carbons (Fsp3) is 0.500. The molecule has 0 aliphatic heterocycles. The molecule has 0 aliphatic rings. The zero-order valence-corrected chi connectivity index (χ0v) is 10.2. The van der Waals surface area contributed by atoms with Crippen molar-refractivity contribution in [2.24, 2.45) is 5.92 Å². The van der Waals surface area contributed by atoms with Gasteiger partial charge in [-0.1, -0.05) is 41.1 Å². The first kappa shape index (κ1) is 10.8. The van der Waals surface area contributed by atoms with E-state index in [-0.39, 0.29) is 0 Å². The molecule has 0 spiro atoms. The van der Waals surface area contributed by atoms with Crippen LogP contribution in [-0.4, -0.2) is 5.33 Å². The van der Waals surface area contributed by atoms with Crippen LogP contribution in [0.1, 0.15) is 23.6 Å². The second kappa shape index (κ2) is 4.80. The molecule has 0 N–H and O–H groups in total. The van der Waals surface area contributed by atoms with E-state index < -0.39 is 0 Å². The Labute approximate surface area is 89.5 Å². The summed E-state index contributed by atoms with van der Waals surface area (Å²) in [6.45, 7) is 6.67. The Kier molecular flexibility index (Phi) is 3.98. The maximum Gasteiger partial charge on any atom is 0.00602 e. The zero-order valence-electron chi connectivity index (χ0n) is 8.60. The second-order valence-corrected chi connectivity index (χ2v) is 4.47. The van der Waals surface area contributed by atoms with Crippen molar-refractivity contribution < 1.29 is 0 Å². The van der Waals surface area contributed by atoms with Gasteiger partial charge in [0.25, 0.3) is 0 Å². The predicted molar refractivity (Wildman–Crippen MR) is 62.6 cm³/mol. The Morgan fingerprint density at radius 3 is 2.62 bits per heavy atom. The van der Waals surface area contributed by atoms with Crippen LogP contribution in [0.5, 0.6) is 0 Å². The third-order valence-corrected chi connectivity index (χ3v) is 3.65. The van der Waals surface area contributed by atoms with Gasteiger partial charge >= 0.3 is 0 Å². The highest BCUT2D eigenvalue weighted by molar-refractivity contribution is 9.09. The molecule has 1 aromatic rings. The summed E-state index contributed by atoms with van der Waals surface area (Å²) < 4.78 is 0. The molecule has 0 aliphatic carbocycles. The average Bonchev–Trinajstić information content (AvgIpc) is 2.13. The lowest BCUT2D eigenvalue weighted by Crippen LogP contribution is -2.02. The molecule has 0 amide bonds. The molecule has 0 radical (unpaired) electrons. The minimum absolute atomic E-state index is 0.723. The van der Waals surface area contributed by atoms with Gasteiger partial charge in [0.1, 0.15) is 0 Å². The van der Waals surface area contributed by atoms with Gasteiger partial charge in [-0.25, -0.2) is 0 Å². The lowest BCUT2D eigenvalue weighted by Gasteiger charge is -2.11. The first-order valence-electron chi connectivity index (χ1n) is 4.76. The predicted octanol–water partition coefficient (Wildman–Crippen LogP) is 3.88. The van der Waals surface area contributed by atoms with Crippen LogP contribution in [0.25, 0.3) is 0 Å². The van der Waals surface area contributed by atoms with Crippen LogP contribution in [-0.2, 0) is 6.42 Å². The van der Waals surface area contributed by atoms with E-state index >= 15 is 0 Å². The van der Waals surface area contributed by atoms with Gasteiger partial charge in [-0.15, -0.1) is 0 Å². The Morgan fingerprint density at radius 2 is 2.00 bits per heavy atom. The van der Waals surface area contributed by atoms with E-state index in [9.17, 15) is 0 Å². The monoisotopic (exact) mass is 240 g/mol. The van der Waals surface area contributed by atoms with Crippen molar-refractivity contribution in [3.05, 3.63) is 34.9 Å². The van der Waals surface area contributed by atoms with Gasteiger partial charge in [-0.05, 0) is 42.9 Å². The largest absolute Gasteiger partial charge is 0.0925 e. The van der Waals surface area contributed by atoms with E-state index in [4.69, 9.17) is 0 Å². The van der Waals surface area contributed by atoms with Crippen LogP contribution in [0, 0.1) is 19.8 Å². The van der Waals surface area contributed by atoms with E-state index in [1.165, 1.54) is 23.1 Å². The molecule has 0 heterocycles. The minimum Gasteiger partial charge on any atom is -0.0925 e. The standard InChI is InChI=1S/C12H17Br/c1-9(8-13)7-12-6-4-5-10(2)11(12)3/h4-6,9H,7-8H2,1-3H3. The van der Waals surface area contributed by atoms with Crippen molar-refractivity contribution in [1.29, 1.82) is 0 Å². The van der Waals surface area contributed by atoms with E-state index in [1.54, 1.807) is 0 Å².